The number of nitrogens with one attached hydrogen (secondary N) is 5. The highest BCUT2D eigenvalue weighted by Crippen LogP contribution is 2.39. The van der Waals surface area contributed by atoms with Gasteiger partial charge in [0.2, 0.25) is 11.8 Å². The smallest absolute Gasteiger partial charge is 0.264 e. The van der Waals surface area contributed by atoms with E-state index >= 15 is 0 Å². The van der Waals surface area contributed by atoms with Crippen LogP contribution in [-0.2, 0) is 26.2 Å². The molecule has 7 N–H and O–H groups in total. The SMILES string of the molecule is C=C1CCC(N2C(=O)c3cccc(NCCCCCCCC(=O)NCCCCNc4ncnc5c4ncn5[C@@H]4O[C@H](CN(C(C)C)C5CC(CCc6nc7ccc(C(C)(C)C)cc7[nH]6)C5)C(O)[C@@H]4O)c3C2=O)C(=O)N1. The van der Waals surface area contributed by atoms with E-state index in [0.29, 0.717) is 96.9 Å². The quantitative estimate of drug-likeness (QED) is 0.0246. The van der Waals surface area contributed by atoms with Crippen molar-refractivity contribution in [3.8, 4) is 0 Å². The highest BCUT2D eigenvalue weighted by molar-refractivity contribution is 6.25. The number of aromatic amines is 1. The maximum Gasteiger partial charge on any atom is 0.264 e. The third-order valence-electron chi connectivity index (χ3n) is 15.6. The Morgan fingerprint density at radius 1 is 0.933 bits per heavy atom. The molecule has 402 valence electrons. The average Bonchev–Trinajstić information content (AvgIpc) is 4.12. The fraction of sp³-hybridized carbons (Fsp3) is 0.571. The van der Waals surface area contributed by atoms with Crippen molar-refractivity contribution in [2.75, 3.05) is 36.8 Å². The van der Waals surface area contributed by atoms with E-state index < -0.39 is 42.4 Å². The number of hydrogen-bond acceptors (Lipinski definition) is 14. The largest absolute Gasteiger partial charge is 0.387 e. The van der Waals surface area contributed by atoms with Crippen LogP contribution < -0.4 is 21.3 Å². The van der Waals surface area contributed by atoms with E-state index in [1.807, 2.05) is 0 Å². The van der Waals surface area contributed by atoms with Crippen LogP contribution in [0.3, 0.4) is 0 Å². The third-order valence-corrected chi connectivity index (χ3v) is 15.6. The summed E-state index contributed by atoms with van der Waals surface area (Å²) in [5, 5.41) is 35.0. The second kappa shape index (κ2) is 23.3. The highest BCUT2D eigenvalue weighted by atomic mass is 16.6. The van der Waals surface area contributed by atoms with Crippen molar-refractivity contribution in [1.29, 1.82) is 0 Å². The summed E-state index contributed by atoms with van der Waals surface area (Å²) in [6.07, 6.45) is 10.8. The van der Waals surface area contributed by atoms with Gasteiger partial charge in [0.05, 0.1) is 28.5 Å². The number of aromatic nitrogens is 6. The number of piperidine rings is 1. The number of amides is 4. The van der Waals surface area contributed by atoms with E-state index in [4.69, 9.17) is 9.72 Å². The first-order valence-electron chi connectivity index (χ1n) is 27.2. The molecular weight excluding hydrogens is 953 g/mol. The minimum atomic E-state index is -1.17. The third kappa shape index (κ3) is 12.1. The highest BCUT2D eigenvalue weighted by Gasteiger charge is 2.47. The molecule has 2 unspecified atom stereocenters. The Morgan fingerprint density at radius 3 is 2.48 bits per heavy atom. The van der Waals surface area contributed by atoms with Crippen molar-refractivity contribution >= 4 is 57.3 Å². The number of unbranched alkanes of at least 4 members (excludes halogenated alkanes) is 5. The molecule has 0 spiro atoms. The van der Waals surface area contributed by atoms with Gasteiger partial charge in [0, 0.05) is 62.5 Å². The number of aliphatic hydroxyl groups is 2. The Bertz CT molecular complexity index is 2870. The number of H-pyrrole nitrogens is 1. The molecule has 3 fully saturated rings. The van der Waals surface area contributed by atoms with Crippen LogP contribution in [0.2, 0.25) is 0 Å². The van der Waals surface area contributed by atoms with E-state index in [-0.39, 0.29) is 23.3 Å². The van der Waals surface area contributed by atoms with Crippen LogP contribution in [0.4, 0.5) is 11.5 Å². The van der Waals surface area contributed by atoms with Crippen molar-refractivity contribution in [1.82, 2.24) is 49.9 Å². The lowest BCUT2D eigenvalue weighted by Gasteiger charge is -2.46. The van der Waals surface area contributed by atoms with Crippen molar-refractivity contribution in [2.24, 2.45) is 5.92 Å². The van der Waals surface area contributed by atoms with Gasteiger partial charge in [0.15, 0.2) is 23.2 Å². The number of fused-ring (bicyclic) bond motifs is 3. The first-order valence-corrected chi connectivity index (χ1v) is 27.2. The predicted octanol–water partition coefficient (Wildman–Crippen LogP) is 6.89. The van der Waals surface area contributed by atoms with Crippen molar-refractivity contribution in [3.63, 3.8) is 0 Å². The van der Waals surface area contributed by atoms with Gasteiger partial charge in [-0.2, -0.15) is 0 Å². The number of imide groups is 1. The van der Waals surface area contributed by atoms with Crippen LogP contribution in [0.5, 0.6) is 0 Å². The Hall–Kier alpha value is -6.28. The van der Waals surface area contributed by atoms with Crippen LogP contribution in [-0.4, -0.2) is 136 Å². The van der Waals surface area contributed by atoms with Crippen molar-refractivity contribution in [2.45, 2.75) is 173 Å². The Morgan fingerprint density at radius 2 is 1.69 bits per heavy atom. The van der Waals surface area contributed by atoms with Gasteiger partial charge >= 0.3 is 0 Å². The van der Waals surface area contributed by atoms with E-state index in [2.05, 4.69) is 105 Å². The maximum atomic E-state index is 13.4. The molecule has 5 aromatic rings. The Kier molecular flexibility index (Phi) is 16.6. The van der Waals surface area contributed by atoms with Crippen LogP contribution in [0, 0.1) is 5.92 Å². The molecule has 75 heavy (non-hydrogen) atoms. The first-order chi connectivity index (χ1) is 36.0. The predicted molar refractivity (Wildman–Crippen MR) is 287 cm³/mol. The number of carbonyl (C=O) groups is 4. The van der Waals surface area contributed by atoms with E-state index in [0.717, 1.165) is 92.4 Å². The summed E-state index contributed by atoms with van der Waals surface area (Å²) >= 11 is 0. The zero-order valence-corrected chi connectivity index (χ0v) is 44.2. The number of hydrogen-bond donors (Lipinski definition) is 7. The van der Waals surface area contributed by atoms with Crippen LogP contribution in [0.15, 0.2) is 61.3 Å². The van der Waals surface area contributed by atoms with Gasteiger partial charge < -0.3 is 41.2 Å². The lowest BCUT2D eigenvalue weighted by molar-refractivity contribution is -0.125. The Balaban J connectivity index is 0.643. The van der Waals surface area contributed by atoms with Crippen LogP contribution >= 0.6 is 0 Å². The fourth-order valence-electron chi connectivity index (χ4n) is 11.1. The molecule has 1 saturated carbocycles. The Labute approximate surface area is 439 Å². The number of allylic oxidation sites excluding steroid dienone is 1. The van der Waals surface area contributed by atoms with Gasteiger partial charge in [-0.1, -0.05) is 58.7 Å². The summed E-state index contributed by atoms with van der Waals surface area (Å²) in [7, 11) is 0. The minimum Gasteiger partial charge on any atom is -0.387 e. The molecule has 6 heterocycles. The summed E-state index contributed by atoms with van der Waals surface area (Å²) in [4.78, 5) is 77.2. The summed E-state index contributed by atoms with van der Waals surface area (Å²) in [5.74, 6) is 0.938. The number of benzene rings is 2. The fourth-order valence-corrected chi connectivity index (χ4v) is 11.1. The van der Waals surface area contributed by atoms with Gasteiger partial charge in [-0.15, -0.1) is 0 Å². The molecule has 9 rings (SSSR count). The number of rotatable bonds is 24. The maximum absolute atomic E-state index is 13.4. The molecule has 5 atom stereocenters. The molecule has 0 radical (unpaired) electrons. The molecule has 4 aliphatic rings. The molecule has 0 bridgehead atoms. The second-order valence-corrected chi connectivity index (χ2v) is 22.4. The van der Waals surface area contributed by atoms with E-state index in [1.165, 1.54) is 11.9 Å². The monoisotopic (exact) mass is 1030 g/mol. The number of imidazole rings is 2. The molecular formula is C56H76N12O7. The van der Waals surface area contributed by atoms with Gasteiger partial charge in [-0.3, -0.25) is 33.5 Å². The number of aryl methyl sites for hydroxylation is 1. The summed E-state index contributed by atoms with van der Waals surface area (Å²) < 4.78 is 8.12. The normalized spacial score (nSPS) is 22.9. The molecule has 2 aromatic carbocycles. The van der Waals surface area contributed by atoms with Gasteiger partial charge in [-0.25, -0.2) is 19.9 Å². The lowest BCUT2D eigenvalue weighted by Crippen LogP contribution is -2.52. The molecule has 3 aliphatic heterocycles. The van der Waals surface area contributed by atoms with Crippen LogP contribution in [0.25, 0.3) is 22.2 Å². The lowest BCUT2D eigenvalue weighted by atomic mass is 9.76. The van der Waals surface area contributed by atoms with Crippen molar-refractivity contribution < 1.29 is 34.1 Å². The minimum absolute atomic E-state index is 0.0348. The summed E-state index contributed by atoms with van der Waals surface area (Å²) in [5.41, 5.74) is 6.32. The van der Waals surface area contributed by atoms with Crippen LogP contribution in [0.1, 0.15) is 156 Å². The zero-order valence-electron chi connectivity index (χ0n) is 44.2. The molecule has 19 heteroatoms. The van der Waals surface area contributed by atoms with E-state index in [9.17, 15) is 29.4 Å². The zero-order chi connectivity index (χ0) is 53.0. The molecule has 2 saturated heterocycles. The van der Waals surface area contributed by atoms with Gasteiger partial charge in [0.1, 0.15) is 36.5 Å². The first kappa shape index (κ1) is 53.5. The number of anilines is 2. The number of aliphatic hydroxyl groups excluding tert-OH is 2. The molecule has 4 amide bonds. The second-order valence-electron chi connectivity index (χ2n) is 22.4. The van der Waals surface area contributed by atoms with Gasteiger partial charge in [-0.05, 0) is 113 Å². The standard InChI is InChI=1S/C56H76N12O7/c1-33(2)66(37-27-35(28-37)19-23-44-64-39-21-20-36(56(4,5)6)29-41(39)65-44)30-43-48(70)49(71)55(75-43)67-32-62-47-50(60-31-61-51(47)67)59-26-13-12-25-58-45(69)17-10-8-7-9-11-24-57-40-16-14-15-38-46(40)54(74)68(53(38)73)42-22-18-34(3)63-52(42)72/h14-16,20-21,29,31-33,35,37,42-43,48-49,55,57,70-71H,3,7-13,17-19,22-28,30H2,1-2,4-6H3,(H,58,69)(H,63,72)(H,64,65)(H,59,60,61)/t35?,37?,42?,43-,48?,49+,55-/m1/s1. The molecule has 3 aromatic heterocycles. The average molecular weight is 1030 g/mol. The number of ether oxygens (including phenoxy) is 1. The van der Waals surface area contributed by atoms with E-state index in [1.54, 1.807) is 29.1 Å². The topological polar surface area (TPSA) is 245 Å². The molecule has 19 nitrogen and oxygen atoms in total. The number of carbonyl (C=O) groups excluding carboxylic acids is 4. The van der Waals surface area contributed by atoms with Gasteiger partial charge in [0.25, 0.3) is 11.8 Å². The molecule has 1 aliphatic carbocycles. The summed E-state index contributed by atoms with van der Waals surface area (Å²) in [6, 6.07) is 11.4. The number of nitrogens with zero attached hydrogens (tertiary/aromatic N) is 7. The summed E-state index contributed by atoms with van der Waals surface area (Å²) in [6.45, 7) is 17.1. The van der Waals surface area contributed by atoms with Crippen molar-refractivity contribution in [3.05, 3.63) is 83.8 Å².